The van der Waals surface area contributed by atoms with Crippen LogP contribution in [-0.4, -0.2) is 37.0 Å². The molecule has 0 N–H and O–H groups in total. The average molecular weight is 278 g/mol. The minimum Gasteiger partial charge on any atom is -0.325 e. The highest BCUT2D eigenvalue weighted by atomic mass is 16.5. The van der Waals surface area contributed by atoms with Crippen LogP contribution < -0.4 is 0 Å². The molecule has 114 valence electrons. The second-order valence-corrected chi connectivity index (χ2v) is 8.91. The molecule has 2 nitrogen and oxygen atoms in total. The normalized spacial score (nSPS) is 46.1. The summed E-state index contributed by atoms with van der Waals surface area (Å²) in [6.45, 7) is 10.4. The van der Waals surface area contributed by atoms with E-state index in [-0.39, 0.29) is 5.60 Å². The molecule has 0 aromatic rings. The lowest BCUT2D eigenvalue weighted by atomic mass is 9.53. The van der Waals surface area contributed by atoms with E-state index >= 15 is 0 Å². The van der Waals surface area contributed by atoms with Crippen LogP contribution in [0.25, 0.3) is 0 Å². The van der Waals surface area contributed by atoms with Gasteiger partial charge < -0.3 is 9.22 Å². The first-order chi connectivity index (χ1) is 9.17. The Hall–Kier alpha value is -0.340. The maximum absolute atomic E-state index is 6.25. The van der Waals surface area contributed by atoms with Crippen LogP contribution in [-0.2, 0) is 4.74 Å². The predicted octanol–water partition coefficient (Wildman–Crippen LogP) is 3.97. The lowest BCUT2D eigenvalue weighted by Gasteiger charge is -2.61. The van der Waals surface area contributed by atoms with Crippen LogP contribution in [0.15, 0.2) is 11.6 Å². The molecule has 3 aliphatic rings. The first-order valence-electron chi connectivity index (χ1n) is 8.31. The van der Waals surface area contributed by atoms with Gasteiger partial charge in [-0.3, -0.25) is 0 Å². The fraction of sp³-hybridized carbons (Fsp3) is 0.889. The standard InChI is InChI=1S/C18H32NO/c1-13-8-7-10-18(4)11-9-14-16(15(13)18)19(5,6)12-20-17(14,2)3/h8,14-16H,7,9-12H2,1-6H3/q+1/t14-,15+,16-,18+/m0/s1. The molecule has 0 spiro atoms. The van der Waals surface area contributed by atoms with Crippen molar-refractivity contribution < 1.29 is 9.22 Å². The lowest BCUT2D eigenvalue weighted by molar-refractivity contribution is -0.955. The van der Waals surface area contributed by atoms with Crippen LogP contribution >= 0.6 is 0 Å². The summed E-state index contributed by atoms with van der Waals surface area (Å²) >= 11 is 0. The second kappa shape index (κ2) is 4.33. The molecular weight excluding hydrogens is 246 g/mol. The molecule has 1 heterocycles. The molecule has 0 aromatic carbocycles. The quantitative estimate of drug-likeness (QED) is 0.481. The molecule has 2 aliphatic carbocycles. The fourth-order valence-corrected chi connectivity index (χ4v) is 5.49. The monoisotopic (exact) mass is 278 g/mol. The minimum atomic E-state index is 0.0392. The van der Waals surface area contributed by atoms with Crippen molar-refractivity contribution in [2.75, 3.05) is 20.8 Å². The molecule has 3 rings (SSSR count). The van der Waals surface area contributed by atoms with E-state index in [1.165, 1.54) is 25.7 Å². The van der Waals surface area contributed by atoms with Crippen molar-refractivity contribution in [3.05, 3.63) is 11.6 Å². The zero-order chi connectivity index (χ0) is 14.8. The number of nitrogens with zero attached hydrogens (tertiary/aromatic N) is 1. The van der Waals surface area contributed by atoms with Crippen LogP contribution in [0.3, 0.4) is 0 Å². The molecule has 20 heavy (non-hydrogen) atoms. The largest absolute Gasteiger partial charge is 0.325 e. The number of quaternary nitrogens is 1. The van der Waals surface area contributed by atoms with Gasteiger partial charge in [-0.1, -0.05) is 18.6 Å². The van der Waals surface area contributed by atoms with E-state index in [1.807, 2.05) is 0 Å². The topological polar surface area (TPSA) is 9.23 Å². The van der Waals surface area contributed by atoms with Crippen LogP contribution in [0.2, 0.25) is 0 Å². The van der Waals surface area contributed by atoms with Crippen molar-refractivity contribution in [1.29, 1.82) is 0 Å². The van der Waals surface area contributed by atoms with Crippen LogP contribution in [0.1, 0.15) is 53.4 Å². The highest BCUT2D eigenvalue weighted by Crippen LogP contribution is 2.57. The van der Waals surface area contributed by atoms with Gasteiger partial charge in [0.05, 0.1) is 19.7 Å². The Balaban J connectivity index is 2.07. The van der Waals surface area contributed by atoms with E-state index in [9.17, 15) is 0 Å². The first-order valence-corrected chi connectivity index (χ1v) is 8.31. The third kappa shape index (κ3) is 1.99. The van der Waals surface area contributed by atoms with Crippen molar-refractivity contribution in [3.8, 4) is 0 Å². The molecule has 1 aliphatic heterocycles. The van der Waals surface area contributed by atoms with Crippen LogP contribution in [0, 0.1) is 17.3 Å². The molecule has 0 unspecified atom stereocenters. The summed E-state index contributed by atoms with van der Waals surface area (Å²) in [7, 11) is 4.75. The zero-order valence-corrected chi connectivity index (χ0v) is 14.2. The summed E-state index contributed by atoms with van der Waals surface area (Å²) < 4.78 is 7.28. The Bertz CT molecular complexity index is 437. The van der Waals surface area contributed by atoms with E-state index < -0.39 is 0 Å². The molecule has 0 amide bonds. The van der Waals surface area contributed by atoms with Crippen molar-refractivity contribution >= 4 is 0 Å². The van der Waals surface area contributed by atoms with E-state index in [0.29, 0.717) is 17.4 Å². The molecule has 1 saturated carbocycles. The van der Waals surface area contributed by atoms with Gasteiger partial charge in [0.1, 0.15) is 6.04 Å². The third-order valence-electron chi connectivity index (χ3n) is 6.67. The Morgan fingerprint density at radius 2 is 1.90 bits per heavy atom. The van der Waals surface area contributed by atoms with Gasteiger partial charge in [0.2, 0.25) is 0 Å². The van der Waals surface area contributed by atoms with Crippen molar-refractivity contribution in [2.24, 2.45) is 17.3 Å². The second-order valence-electron chi connectivity index (χ2n) is 8.91. The Kier molecular flexibility index (Phi) is 3.16. The van der Waals surface area contributed by atoms with Gasteiger partial charge in [-0.05, 0) is 51.9 Å². The summed E-state index contributed by atoms with van der Waals surface area (Å²) in [4.78, 5) is 0. The average Bonchev–Trinajstić information content (AvgIpc) is 2.34. The SMILES string of the molecule is CC1=CCC[C@]2(C)CC[C@H]3[C@@H]([C@@H]12)[N+](C)(C)COC3(C)C. The van der Waals surface area contributed by atoms with Gasteiger partial charge in [0, 0.05) is 11.8 Å². The molecule has 0 radical (unpaired) electrons. The van der Waals surface area contributed by atoms with Gasteiger partial charge in [0.25, 0.3) is 0 Å². The Morgan fingerprint density at radius 1 is 1.20 bits per heavy atom. The summed E-state index contributed by atoms with van der Waals surface area (Å²) in [5.41, 5.74) is 2.21. The Labute approximate surface area is 124 Å². The molecule has 0 aromatic heterocycles. The van der Waals surface area contributed by atoms with E-state index in [2.05, 4.69) is 47.9 Å². The predicted molar refractivity (Wildman–Crippen MR) is 83.2 cm³/mol. The maximum Gasteiger partial charge on any atom is 0.183 e. The molecule has 2 heteroatoms. The summed E-state index contributed by atoms with van der Waals surface area (Å²) in [6, 6.07) is 0.717. The van der Waals surface area contributed by atoms with E-state index in [1.54, 1.807) is 5.57 Å². The highest BCUT2D eigenvalue weighted by molar-refractivity contribution is 5.19. The number of hydrogen-bond acceptors (Lipinski definition) is 1. The lowest BCUT2D eigenvalue weighted by Crippen LogP contribution is -2.70. The molecule has 1 saturated heterocycles. The molecule has 2 fully saturated rings. The molecule has 0 bridgehead atoms. The number of ether oxygens (including phenoxy) is 1. The fourth-order valence-electron chi connectivity index (χ4n) is 5.49. The van der Waals surface area contributed by atoms with Crippen LogP contribution in [0.4, 0.5) is 0 Å². The Morgan fingerprint density at radius 3 is 2.60 bits per heavy atom. The summed E-state index contributed by atoms with van der Waals surface area (Å²) in [6.07, 6.45) is 7.87. The van der Waals surface area contributed by atoms with Gasteiger partial charge in [0.15, 0.2) is 6.73 Å². The number of rotatable bonds is 0. The zero-order valence-electron chi connectivity index (χ0n) is 14.2. The van der Waals surface area contributed by atoms with Crippen molar-refractivity contribution in [3.63, 3.8) is 0 Å². The van der Waals surface area contributed by atoms with Crippen molar-refractivity contribution in [1.82, 2.24) is 0 Å². The molecular formula is C18H32NO+. The minimum absolute atomic E-state index is 0.0392. The van der Waals surface area contributed by atoms with E-state index in [0.717, 1.165) is 17.1 Å². The molecule has 4 atom stereocenters. The number of fused-ring (bicyclic) bond motifs is 3. The van der Waals surface area contributed by atoms with Gasteiger partial charge in [-0.25, -0.2) is 0 Å². The number of allylic oxidation sites excluding steroid dienone is 1. The summed E-state index contributed by atoms with van der Waals surface area (Å²) in [5.74, 6) is 1.43. The van der Waals surface area contributed by atoms with E-state index in [4.69, 9.17) is 4.74 Å². The third-order valence-corrected chi connectivity index (χ3v) is 6.67. The number of hydrogen-bond donors (Lipinski definition) is 0. The first kappa shape index (κ1) is 14.6. The highest BCUT2D eigenvalue weighted by Gasteiger charge is 2.60. The smallest absolute Gasteiger partial charge is 0.183 e. The van der Waals surface area contributed by atoms with Crippen LogP contribution in [0.5, 0.6) is 0 Å². The van der Waals surface area contributed by atoms with Gasteiger partial charge in [-0.15, -0.1) is 0 Å². The summed E-state index contributed by atoms with van der Waals surface area (Å²) in [5, 5.41) is 0. The van der Waals surface area contributed by atoms with Crippen molar-refractivity contribution in [2.45, 2.75) is 65.0 Å². The van der Waals surface area contributed by atoms with Gasteiger partial charge >= 0.3 is 0 Å². The van der Waals surface area contributed by atoms with Gasteiger partial charge in [-0.2, -0.15) is 0 Å². The maximum atomic E-state index is 6.25.